The number of aryl methyl sites for hydroxylation is 1. The van der Waals surface area contributed by atoms with Crippen LogP contribution in [0.3, 0.4) is 0 Å². The lowest BCUT2D eigenvalue weighted by Crippen LogP contribution is -2.24. The molecule has 1 aliphatic rings. The maximum absolute atomic E-state index is 5.01. The van der Waals surface area contributed by atoms with Crippen LogP contribution in [-0.4, -0.2) is 46.6 Å². The summed E-state index contributed by atoms with van der Waals surface area (Å²) in [5.74, 6) is 0. The summed E-state index contributed by atoms with van der Waals surface area (Å²) >= 11 is 1.68. The van der Waals surface area contributed by atoms with Crippen LogP contribution in [0.2, 0.25) is 0 Å². The SMILES string of the molecule is CC.CC.CC.CC.CC.CC(C)(C)C.CC(C)(C)C.CC(C)(C)C.CC(C)(C)C.CC(C)(C)n1nc2ccccc2n1.Cn1nc2ccccc2n1.c1ccc2c(c1)=NCN=2.c1ccc2ocnc2c1.c1ccc2scnc2c1. The number of para-hydroxylation sites is 5. The number of aromatic nitrogens is 8. The summed E-state index contributed by atoms with van der Waals surface area (Å²) in [6.07, 6.45) is 1.45. The maximum Gasteiger partial charge on any atom is 0.181 e. The fourth-order valence-corrected chi connectivity index (χ4v) is 5.33. The first-order chi connectivity index (χ1) is 37.3. The highest BCUT2D eigenvalue weighted by atomic mass is 32.1. The molecule has 10 rings (SSSR count). The Morgan fingerprint density at radius 1 is 0.375 bits per heavy atom. The average molecular weight is 1120 g/mol. The van der Waals surface area contributed by atoms with E-state index in [4.69, 9.17) is 4.42 Å². The van der Waals surface area contributed by atoms with Crippen LogP contribution in [0.25, 0.3) is 43.4 Å². The number of thiazole rings is 1. The predicted octanol–water partition coefficient (Wildman–Crippen LogP) is 20.5. The molecule has 11 nitrogen and oxygen atoms in total. The molecular weight excluding hydrogens is 1000 g/mol. The van der Waals surface area contributed by atoms with Gasteiger partial charge in [-0.05, 0) is 103 Å². The van der Waals surface area contributed by atoms with Crippen molar-refractivity contribution in [2.24, 2.45) is 38.7 Å². The molecule has 0 saturated heterocycles. The Balaban J connectivity index is -0.000000405. The van der Waals surface area contributed by atoms with Crippen molar-refractivity contribution in [1.29, 1.82) is 0 Å². The van der Waals surface area contributed by atoms with E-state index < -0.39 is 0 Å². The van der Waals surface area contributed by atoms with Gasteiger partial charge in [0, 0.05) is 7.05 Å². The Morgan fingerprint density at radius 3 is 1.01 bits per heavy atom. The zero-order chi connectivity index (χ0) is 62.8. The minimum atomic E-state index is -0.0426. The van der Waals surface area contributed by atoms with Crippen molar-refractivity contribution in [2.75, 3.05) is 6.67 Å². The number of rotatable bonds is 0. The molecule has 1 aliphatic heterocycles. The molecule has 0 aliphatic carbocycles. The maximum atomic E-state index is 5.01. The summed E-state index contributed by atoms with van der Waals surface area (Å²) in [6.45, 7) is 61.9. The molecule has 12 heteroatoms. The van der Waals surface area contributed by atoms with Crippen LogP contribution >= 0.6 is 11.3 Å². The van der Waals surface area contributed by atoms with Gasteiger partial charge in [-0.2, -0.15) is 30.0 Å². The first-order valence-corrected chi connectivity index (χ1v) is 29.8. The number of hydrogen-bond acceptors (Lipinski definition) is 10. The summed E-state index contributed by atoms with van der Waals surface area (Å²) < 4.78 is 6.27. The molecule has 80 heavy (non-hydrogen) atoms. The van der Waals surface area contributed by atoms with Crippen molar-refractivity contribution in [3.8, 4) is 0 Å². The first kappa shape index (κ1) is 80.3. The van der Waals surface area contributed by atoms with Gasteiger partial charge in [-0.25, -0.2) is 9.97 Å². The van der Waals surface area contributed by atoms with Gasteiger partial charge in [-0.15, -0.1) is 11.3 Å². The lowest BCUT2D eigenvalue weighted by Gasteiger charge is -2.16. The molecule has 0 unspecified atom stereocenters. The second kappa shape index (κ2) is 43.6. The number of nitrogens with zero attached hydrogens (tertiary/aromatic N) is 10. The molecule has 0 spiro atoms. The van der Waals surface area contributed by atoms with Gasteiger partial charge < -0.3 is 4.42 Å². The summed E-state index contributed by atoms with van der Waals surface area (Å²) in [6, 6.07) is 39.4. The summed E-state index contributed by atoms with van der Waals surface area (Å²) in [5.41, 5.74) is 10.5. The highest BCUT2D eigenvalue weighted by Gasteiger charge is 2.16. The molecular formula is C68H114N10OS. The normalized spacial score (nSPS) is 10.5. The van der Waals surface area contributed by atoms with Gasteiger partial charge in [0.2, 0.25) is 0 Å². The lowest BCUT2D eigenvalue weighted by molar-refractivity contribution is 0.316. The van der Waals surface area contributed by atoms with Crippen LogP contribution in [0.5, 0.6) is 0 Å². The first-order valence-electron chi connectivity index (χ1n) is 28.9. The molecule has 0 radical (unpaired) electrons. The van der Waals surface area contributed by atoms with Gasteiger partial charge in [-0.1, -0.05) is 241 Å². The van der Waals surface area contributed by atoms with Crippen LogP contribution in [0.4, 0.5) is 0 Å². The van der Waals surface area contributed by atoms with Crippen LogP contribution in [-0.2, 0) is 12.6 Å². The lowest BCUT2D eigenvalue weighted by atomic mass is 10.0. The van der Waals surface area contributed by atoms with E-state index in [1.54, 1.807) is 20.9 Å². The topological polar surface area (TPSA) is 125 Å². The van der Waals surface area contributed by atoms with E-state index in [2.05, 4.69) is 178 Å². The van der Waals surface area contributed by atoms with Crippen LogP contribution in [0.15, 0.2) is 148 Å². The van der Waals surface area contributed by atoms with Crippen molar-refractivity contribution in [3.63, 3.8) is 0 Å². The van der Waals surface area contributed by atoms with Crippen molar-refractivity contribution in [1.82, 2.24) is 40.0 Å². The molecule has 4 aromatic heterocycles. The standard InChI is InChI=1S/C10H13N3.C7H7N3.C7H6N2.C7H5NO.C7H5NS.4C5H12.5C2H6/c1-10(2,3)13-11-8-6-4-5-7-9(8)12-13;1-10-8-6-4-2-3-5-7(6)9-10;3*1-2-4-7-6(3-1)8-5-9-7;4*1-5(2,3)4;5*1-2/h4-7H,1-3H3;2-5H,1H3;1-4H,5H2;2*1-5H;4*1-4H3;5*1-2H3. The van der Waals surface area contributed by atoms with Gasteiger partial charge in [0.1, 0.15) is 34.3 Å². The highest BCUT2D eigenvalue weighted by Crippen LogP contribution is 2.17. The van der Waals surface area contributed by atoms with E-state index >= 15 is 0 Å². The molecule has 448 valence electrons. The van der Waals surface area contributed by atoms with Crippen LogP contribution in [0.1, 0.15) is 201 Å². The van der Waals surface area contributed by atoms with Crippen molar-refractivity contribution >= 4 is 54.7 Å². The molecule has 0 atom stereocenters. The zero-order valence-electron chi connectivity index (χ0n) is 56.2. The molecule has 0 saturated carbocycles. The van der Waals surface area contributed by atoms with Crippen LogP contribution < -0.4 is 10.7 Å². The molecule has 9 aromatic rings. The van der Waals surface area contributed by atoms with E-state index in [9.17, 15) is 0 Å². The Labute approximate surface area is 492 Å². The van der Waals surface area contributed by atoms with Gasteiger partial charge >= 0.3 is 0 Å². The molecule has 0 fully saturated rings. The van der Waals surface area contributed by atoms with Crippen molar-refractivity contribution in [3.05, 3.63) is 144 Å². The fourth-order valence-electron chi connectivity index (χ4n) is 4.65. The van der Waals surface area contributed by atoms with E-state index in [1.165, 1.54) is 11.1 Å². The molecule has 0 N–H and O–H groups in total. The highest BCUT2D eigenvalue weighted by molar-refractivity contribution is 7.16. The number of benzene rings is 5. The Bertz CT molecular complexity index is 2670. The van der Waals surface area contributed by atoms with Gasteiger partial charge in [-0.3, -0.25) is 9.98 Å². The fraction of sp³-hybridized carbons (Fsp3) is 0.529. The third-order valence-corrected chi connectivity index (χ3v) is 7.92. The van der Waals surface area contributed by atoms with Gasteiger partial charge in [0.05, 0.1) is 32.0 Å². The predicted molar refractivity (Wildman–Crippen MR) is 356 cm³/mol. The summed E-state index contributed by atoms with van der Waals surface area (Å²) in [5, 5.41) is 19.1. The zero-order valence-corrected chi connectivity index (χ0v) is 57.0. The summed E-state index contributed by atoms with van der Waals surface area (Å²) in [7, 11) is 1.82. The second-order valence-corrected chi connectivity index (χ2v) is 24.8. The third-order valence-electron chi connectivity index (χ3n) is 7.11. The average Bonchev–Trinajstić information content (AvgIpc) is 4.26. The molecule has 0 amide bonds. The number of hydrogen-bond donors (Lipinski definition) is 0. The van der Waals surface area contributed by atoms with Crippen molar-refractivity contribution in [2.45, 2.75) is 206 Å². The molecule has 5 heterocycles. The minimum Gasteiger partial charge on any atom is -0.443 e. The quantitative estimate of drug-likeness (QED) is 0.148. The van der Waals surface area contributed by atoms with E-state index in [1.807, 2.05) is 197 Å². The number of oxazole rings is 1. The van der Waals surface area contributed by atoms with E-state index in [0.29, 0.717) is 28.3 Å². The largest absolute Gasteiger partial charge is 0.443 e. The Morgan fingerprint density at radius 2 is 0.675 bits per heavy atom. The van der Waals surface area contributed by atoms with Crippen LogP contribution in [0, 0.1) is 21.7 Å². The molecule has 0 bridgehead atoms. The number of fused-ring (bicyclic) bond motifs is 5. The summed E-state index contributed by atoms with van der Waals surface area (Å²) in [4.78, 5) is 19.7. The van der Waals surface area contributed by atoms with Gasteiger partial charge in [0.25, 0.3) is 0 Å². The van der Waals surface area contributed by atoms with Crippen molar-refractivity contribution < 1.29 is 4.42 Å². The Kier molecular flexibility index (Phi) is 43.8. The smallest absolute Gasteiger partial charge is 0.181 e. The molecule has 5 aromatic carbocycles. The van der Waals surface area contributed by atoms with Gasteiger partial charge in [0.15, 0.2) is 12.0 Å². The monoisotopic (exact) mass is 1120 g/mol. The third kappa shape index (κ3) is 45.7. The van der Waals surface area contributed by atoms with E-state index in [-0.39, 0.29) is 5.54 Å². The minimum absolute atomic E-state index is 0.0426. The Hall–Kier alpha value is -6.14. The van der Waals surface area contributed by atoms with E-state index in [0.717, 1.165) is 49.4 Å². The second-order valence-electron chi connectivity index (χ2n) is 23.9.